The van der Waals surface area contributed by atoms with Crippen molar-refractivity contribution in [2.24, 2.45) is 11.8 Å². The molecule has 0 N–H and O–H groups in total. The zero-order valence-corrected chi connectivity index (χ0v) is 19.3. The molecule has 0 saturated heterocycles. The van der Waals surface area contributed by atoms with Crippen molar-refractivity contribution >= 4 is 12.0 Å². The standard InChI is InChI=1S/C28H33F3O2/c1-2-3-4-7-20-10-12-21(13-11-20)8-5-6-9-22-14-16-24(26(30)18-22)28(32)33-23-15-17-25(29)27(31)19-23/h6,9,14-21H,2-5,7-8,10-13H2,1H3. The van der Waals surface area contributed by atoms with Gasteiger partial charge in [-0.1, -0.05) is 76.5 Å². The van der Waals surface area contributed by atoms with E-state index in [1.54, 1.807) is 6.07 Å². The number of carbonyl (C=O) groups is 1. The summed E-state index contributed by atoms with van der Waals surface area (Å²) in [7, 11) is 0. The molecule has 0 unspecified atom stereocenters. The zero-order valence-electron chi connectivity index (χ0n) is 19.3. The number of allylic oxidation sites excluding steroid dienone is 1. The summed E-state index contributed by atoms with van der Waals surface area (Å²) in [5, 5.41) is 0. The maximum atomic E-state index is 14.4. The summed E-state index contributed by atoms with van der Waals surface area (Å²) in [5.41, 5.74) is 0.407. The minimum absolute atomic E-state index is 0.183. The molecule has 0 amide bonds. The van der Waals surface area contributed by atoms with Crippen LogP contribution in [0.25, 0.3) is 6.08 Å². The first-order chi connectivity index (χ1) is 16.0. The van der Waals surface area contributed by atoms with Crippen molar-refractivity contribution in [3.8, 4) is 5.75 Å². The van der Waals surface area contributed by atoms with Crippen molar-refractivity contribution in [3.63, 3.8) is 0 Å². The number of esters is 1. The van der Waals surface area contributed by atoms with E-state index in [4.69, 9.17) is 4.74 Å². The number of ether oxygens (including phenoxy) is 1. The van der Waals surface area contributed by atoms with Crippen molar-refractivity contribution in [2.45, 2.75) is 71.1 Å². The van der Waals surface area contributed by atoms with Gasteiger partial charge in [0, 0.05) is 6.07 Å². The molecule has 2 aromatic carbocycles. The normalized spacial score (nSPS) is 18.5. The predicted molar refractivity (Wildman–Crippen MR) is 126 cm³/mol. The van der Waals surface area contributed by atoms with Gasteiger partial charge in [0.05, 0.1) is 5.56 Å². The molecule has 178 valence electrons. The summed E-state index contributed by atoms with van der Waals surface area (Å²) in [6.07, 6.45) is 16.7. The molecule has 0 radical (unpaired) electrons. The zero-order chi connectivity index (χ0) is 23.6. The van der Waals surface area contributed by atoms with Crippen LogP contribution in [0.3, 0.4) is 0 Å². The molecule has 1 fully saturated rings. The molecular weight excluding hydrogens is 425 g/mol. The predicted octanol–water partition coefficient (Wildman–Crippen LogP) is 8.50. The first-order valence-corrected chi connectivity index (χ1v) is 12.1. The van der Waals surface area contributed by atoms with E-state index < -0.39 is 23.4 Å². The van der Waals surface area contributed by atoms with Crippen LogP contribution in [0.15, 0.2) is 42.5 Å². The minimum atomic E-state index is -1.14. The summed E-state index contributed by atoms with van der Waals surface area (Å²) in [6.45, 7) is 2.25. The molecule has 0 atom stereocenters. The highest BCUT2D eigenvalue weighted by Gasteiger charge is 2.20. The van der Waals surface area contributed by atoms with E-state index in [1.165, 1.54) is 63.5 Å². The van der Waals surface area contributed by atoms with Crippen LogP contribution in [-0.4, -0.2) is 5.97 Å². The molecule has 33 heavy (non-hydrogen) atoms. The largest absolute Gasteiger partial charge is 0.423 e. The Morgan fingerprint density at radius 2 is 1.64 bits per heavy atom. The van der Waals surface area contributed by atoms with Crippen molar-refractivity contribution in [1.82, 2.24) is 0 Å². The van der Waals surface area contributed by atoms with Gasteiger partial charge < -0.3 is 4.74 Å². The highest BCUT2D eigenvalue weighted by Crippen LogP contribution is 2.34. The van der Waals surface area contributed by atoms with Crippen LogP contribution in [0.2, 0.25) is 0 Å². The molecule has 0 heterocycles. The summed E-state index contributed by atoms with van der Waals surface area (Å²) in [6, 6.07) is 6.98. The molecule has 0 aliphatic heterocycles. The molecule has 5 heteroatoms. The van der Waals surface area contributed by atoms with Gasteiger partial charge in [-0.15, -0.1) is 0 Å². The fraction of sp³-hybridized carbons (Fsp3) is 0.464. The number of hydrogen-bond acceptors (Lipinski definition) is 2. The van der Waals surface area contributed by atoms with Crippen LogP contribution in [-0.2, 0) is 0 Å². The first-order valence-electron chi connectivity index (χ1n) is 12.1. The lowest BCUT2D eigenvalue weighted by molar-refractivity contribution is 0.0729. The Hall–Kier alpha value is -2.56. The third-order valence-electron chi connectivity index (χ3n) is 6.55. The third kappa shape index (κ3) is 7.76. The molecule has 0 aromatic heterocycles. The highest BCUT2D eigenvalue weighted by molar-refractivity contribution is 5.91. The van der Waals surface area contributed by atoms with Gasteiger partial charge in [-0.3, -0.25) is 0 Å². The Bertz CT molecular complexity index is 946. The van der Waals surface area contributed by atoms with Crippen LogP contribution in [0.5, 0.6) is 5.75 Å². The maximum absolute atomic E-state index is 14.4. The minimum Gasteiger partial charge on any atom is -0.423 e. The Labute approximate surface area is 194 Å². The van der Waals surface area contributed by atoms with Gasteiger partial charge in [0.1, 0.15) is 11.6 Å². The SMILES string of the molecule is CCCCCC1CCC(CCC=Cc2ccc(C(=O)Oc3ccc(F)c(F)c3)c(F)c2)CC1. The van der Waals surface area contributed by atoms with Crippen molar-refractivity contribution in [2.75, 3.05) is 0 Å². The number of benzene rings is 2. The molecule has 1 aliphatic carbocycles. The lowest BCUT2D eigenvalue weighted by Crippen LogP contribution is -2.14. The third-order valence-corrected chi connectivity index (χ3v) is 6.55. The average Bonchev–Trinajstić information content (AvgIpc) is 2.80. The molecule has 3 rings (SSSR count). The van der Waals surface area contributed by atoms with Gasteiger partial charge in [0.25, 0.3) is 0 Å². The Balaban J connectivity index is 1.44. The number of halogens is 3. The lowest BCUT2D eigenvalue weighted by Gasteiger charge is -2.28. The van der Waals surface area contributed by atoms with Crippen LogP contribution in [0, 0.1) is 29.3 Å². The maximum Gasteiger partial charge on any atom is 0.346 e. The van der Waals surface area contributed by atoms with Gasteiger partial charge >= 0.3 is 5.97 Å². The highest BCUT2D eigenvalue weighted by atomic mass is 19.2. The summed E-state index contributed by atoms with van der Waals surface area (Å²) in [4.78, 5) is 12.2. The molecule has 1 aliphatic rings. The molecule has 2 nitrogen and oxygen atoms in total. The van der Waals surface area contributed by atoms with Crippen LogP contribution in [0.4, 0.5) is 13.2 Å². The van der Waals surface area contributed by atoms with Gasteiger partial charge in [0.2, 0.25) is 0 Å². The van der Waals surface area contributed by atoms with E-state index >= 15 is 0 Å². The number of carbonyl (C=O) groups excluding carboxylic acids is 1. The summed E-state index contributed by atoms with van der Waals surface area (Å²) in [5.74, 6) is -2.35. The fourth-order valence-electron chi connectivity index (χ4n) is 4.55. The Kier molecular flexibility index (Phi) is 9.59. The second-order valence-electron chi connectivity index (χ2n) is 9.07. The average molecular weight is 459 g/mol. The Morgan fingerprint density at radius 1 is 0.909 bits per heavy atom. The topological polar surface area (TPSA) is 26.3 Å². The second kappa shape index (κ2) is 12.6. The van der Waals surface area contributed by atoms with Crippen molar-refractivity contribution in [3.05, 3.63) is 71.1 Å². The van der Waals surface area contributed by atoms with Crippen LogP contribution < -0.4 is 4.74 Å². The van der Waals surface area contributed by atoms with Crippen LogP contribution in [0.1, 0.15) is 87.1 Å². The van der Waals surface area contributed by atoms with Crippen molar-refractivity contribution < 1.29 is 22.7 Å². The van der Waals surface area contributed by atoms with E-state index in [0.717, 1.165) is 42.9 Å². The number of rotatable bonds is 10. The van der Waals surface area contributed by atoms with E-state index in [0.29, 0.717) is 5.56 Å². The molecular formula is C28H33F3O2. The Morgan fingerprint density at radius 3 is 2.30 bits per heavy atom. The molecule has 2 aromatic rings. The van der Waals surface area contributed by atoms with Gasteiger partial charge in [-0.2, -0.15) is 0 Å². The smallest absolute Gasteiger partial charge is 0.346 e. The van der Waals surface area contributed by atoms with Gasteiger partial charge in [0.15, 0.2) is 11.6 Å². The molecule has 0 spiro atoms. The monoisotopic (exact) mass is 458 g/mol. The number of unbranched alkanes of at least 4 members (excludes halogenated alkanes) is 2. The van der Waals surface area contributed by atoms with Gasteiger partial charge in [-0.05, 0) is 54.5 Å². The lowest BCUT2D eigenvalue weighted by atomic mass is 9.78. The van der Waals surface area contributed by atoms with Crippen LogP contribution >= 0.6 is 0 Å². The van der Waals surface area contributed by atoms with Gasteiger partial charge in [-0.25, -0.2) is 18.0 Å². The first kappa shape index (κ1) is 25.1. The fourth-order valence-corrected chi connectivity index (χ4v) is 4.55. The number of hydrogen-bond donors (Lipinski definition) is 0. The van der Waals surface area contributed by atoms with E-state index in [2.05, 4.69) is 13.0 Å². The molecule has 1 saturated carbocycles. The van der Waals surface area contributed by atoms with E-state index in [9.17, 15) is 18.0 Å². The van der Waals surface area contributed by atoms with Crippen molar-refractivity contribution in [1.29, 1.82) is 0 Å². The van der Waals surface area contributed by atoms with E-state index in [1.807, 2.05) is 6.08 Å². The second-order valence-corrected chi connectivity index (χ2v) is 9.07. The quantitative estimate of drug-likeness (QED) is 0.203. The van der Waals surface area contributed by atoms with E-state index in [-0.39, 0.29) is 11.3 Å². The molecule has 0 bridgehead atoms. The summed E-state index contributed by atoms with van der Waals surface area (Å²) < 4.78 is 45.6. The summed E-state index contributed by atoms with van der Waals surface area (Å²) >= 11 is 0.